The molecule has 0 atom stereocenters. The summed E-state index contributed by atoms with van der Waals surface area (Å²) < 4.78 is 17.5. The van der Waals surface area contributed by atoms with Crippen LogP contribution in [0.2, 0.25) is 0 Å². The summed E-state index contributed by atoms with van der Waals surface area (Å²) in [5.41, 5.74) is 28.0. The van der Waals surface area contributed by atoms with Gasteiger partial charge in [-0.25, -0.2) is 0 Å². The first-order valence-electron chi connectivity index (χ1n) is 39.3. The number of aromatic nitrogens is 4. The molecule has 7 heterocycles. The standard InChI is InChI=1S/C108H64N4S3/c1-9-34-95-81(24-1)82-25-2-10-35-96(82)109(95)76-22-18-21-66(59-76)72-55-74(57-75(56-72)80-32-19-33-89-87-30-7-16-41-104(87)115-108(80)89)73-53-70(52-71(54-73)69-44-49-105-92(62-69)88-31-8-15-40-103(88)113-105)65-20-17-23-77(58-65)110-99-38-13-5-28-85(99)90-60-67(42-47-101(90)110)68-43-48-102-91(61-68)86-29-6-14-39-100(86)112(102)79-46-51-107-94(64-79)93-63-78(45-50-106(93)114-107)111-97-36-11-3-26-83(97)84-27-4-12-37-98(84)111/h1-64H. The Morgan fingerprint density at radius 3 is 0.861 bits per heavy atom. The van der Waals surface area contributed by atoms with Gasteiger partial charge in [-0.2, -0.15) is 0 Å². The molecule has 0 N–H and O–H groups in total. The average Bonchev–Trinajstić information content (AvgIpc) is 1.59. The number of fused-ring (bicyclic) bond motifs is 21. The van der Waals surface area contributed by atoms with Gasteiger partial charge in [0.2, 0.25) is 0 Å². The number of para-hydroxylation sites is 6. The van der Waals surface area contributed by atoms with Gasteiger partial charge in [0.15, 0.2) is 0 Å². The maximum Gasteiger partial charge on any atom is 0.0541 e. The number of nitrogens with zero attached hydrogens (tertiary/aromatic N) is 4. The topological polar surface area (TPSA) is 19.7 Å². The second-order valence-corrected chi connectivity index (χ2v) is 33.9. The van der Waals surface area contributed by atoms with Crippen molar-refractivity contribution in [1.82, 2.24) is 18.3 Å². The zero-order chi connectivity index (χ0) is 75.1. The lowest BCUT2D eigenvalue weighted by Gasteiger charge is -2.16. The quantitative estimate of drug-likeness (QED) is 0.130. The molecule has 0 unspecified atom stereocenters. The molecule has 18 aromatic carbocycles. The summed E-state index contributed by atoms with van der Waals surface area (Å²) in [5.74, 6) is 0. The molecule has 25 aromatic rings. The van der Waals surface area contributed by atoms with E-state index >= 15 is 0 Å². The number of benzene rings is 18. The van der Waals surface area contributed by atoms with E-state index in [0.29, 0.717) is 0 Å². The highest BCUT2D eigenvalue weighted by Crippen LogP contribution is 2.48. The summed E-state index contributed by atoms with van der Waals surface area (Å²) in [6.07, 6.45) is 0. The molecule has 0 saturated heterocycles. The highest BCUT2D eigenvalue weighted by Gasteiger charge is 2.23. The van der Waals surface area contributed by atoms with E-state index in [1.165, 1.54) is 170 Å². The van der Waals surface area contributed by atoms with Crippen molar-refractivity contribution in [3.05, 3.63) is 388 Å². The molecule has 0 radical (unpaired) electrons. The maximum absolute atomic E-state index is 2.48. The summed E-state index contributed by atoms with van der Waals surface area (Å²) in [6.45, 7) is 0. The Kier molecular flexibility index (Phi) is 14.1. The Labute approximate surface area is 672 Å². The Bertz CT molecular complexity index is 8340. The third-order valence-corrected chi connectivity index (χ3v) is 27.8. The third kappa shape index (κ3) is 10.0. The van der Waals surface area contributed by atoms with E-state index < -0.39 is 0 Å². The van der Waals surface area contributed by atoms with Crippen LogP contribution in [0.3, 0.4) is 0 Å². The Morgan fingerprint density at radius 2 is 0.417 bits per heavy atom. The molecule has 0 aliphatic heterocycles. The number of rotatable bonds is 10. The maximum atomic E-state index is 2.48. The summed E-state index contributed by atoms with van der Waals surface area (Å²) in [5, 5.41) is 17.6. The van der Waals surface area contributed by atoms with Crippen molar-refractivity contribution in [3.8, 4) is 89.5 Å². The van der Waals surface area contributed by atoms with Crippen LogP contribution in [0.25, 0.3) is 237 Å². The van der Waals surface area contributed by atoms with Crippen molar-refractivity contribution < 1.29 is 0 Å². The van der Waals surface area contributed by atoms with Crippen molar-refractivity contribution in [2.24, 2.45) is 0 Å². The van der Waals surface area contributed by atoms with Crippen LogP contribution in [-0.2, 0) is 0 Å². The molecule has 0 fully saturated rings. The summed E-state index contributed by atoms with van der Waals surface area (Å²) >= 11 is 5.62. The van der Waals surface area contributed by atoms with E-state index in [0.717, 1.165) is 67.0 Å². The molecular formula is C108H64N4S3. The normalized spacial score (nSPS) is 12.2. The van der Waals surface area contributed by atoms with Gasteiger partial charge in [-0.15, -0.1) is 34.0 Å². The lowest BCUT2D eigenvalue weighted by Crippen LogP contribution is -1.95. The molecule has 0 amide bonds. The first-order chi connectivity index (χ1) is 57.0. The van der Waals surface area contributed by atoms with Crippen LogP contribution in [0, 0.1) is 0 Å². The van der Waals surface area contributed by atoms with Gasteiger partial charge >= 0.3 is 0 Å². The van der Waals surface area contributed by atoms with E-state index in [2.05, 4.69) is 407 Å². The van der Waals surface area contributed by atoms with Crippen LogP contribution in [0.1, 0.15) is 0 Å². The molecule has 7 aromatic heterocycles. The van der Waals surface area contributed by atoms with Crippen LogP contribution in [-0.4, -0.2) is 18.3 Å². The second-order valence-electron chi connectivity index (χ2n) is 30.7. The van der Waals surface area contributed by atoms with Gasteiger partial charge in [-0.1, -0.05) is 206 Å². The smallest absolute Gasteiger partial charge is 0.0541 e. The molecule has 7 heteroatoms. The fraction of sp³-hybridized carbons (Fsp3) is 0. The van der Waals surface area contributed by atoms with E-state index in [9.17, 15) is 0 Å². The molecular weight excluding hydrogens is 1450 g/mol. The minimum atomic E-state index is 1.10. The van der Waals surface area contributed by atoms with E-state index in [4.69, 9.17) is 0 Å². The molecule has 115 heavy (non-hydrogen) atoms. The van der Waals surface area contributed by atoms with Gasteiger partial charge in [0.1, 0.15) is 0 Å². The number of hydrogen-bond acceptors (Lipinski definition) is 3. The van der Waals surface area contributed by atoms with Crippen LogP contribution in [0.4, 0.5) is 0 Å². The molecule has 0 aliphatic carbocycles. The van der Waals surface area contributed by atoms with Gasteiger partial charge in [-0.05, 0) is 249 Å². The van der Waals surface area contributed by atoms with E-state index in [1.807, 2.05) is 34.0 Å². The van der Waals surface area contributed by atoms with Crippen molar-refractivity contribution in [2.45, 2.75) is 0 Å². The van der Waals surface area contributed by atoms with Gasteiger partial charge in [0.25, 0.3) is 0 Å². The number of hydrogen-bond donors (Lipinski definition) is 0. The Balaban J connectivity index is 0.622. The second kappa shape index (κ2) is 25.2. The first-order valence-corrected chi connectivity index (χ1v) is 41.8. The average molecular weight is 1510 g/mol. The Hall–Kier alpha value is -14.2. The van der Waals surface area contributed by atoms with Crippen molar-refractivity contribution in [2.75, 3.05) is 0 Å². The SMILES string of the molecule is c1cc(-c2cc(-c3cc(-c4cccc(-n5c6ccccc6c6cc(-c7ccc8c(c7)c7ccccc7n8-c7ccc8sc9ccc(-n%10c%11ccccc%11c%11ccccc%11%10)cc9c8c7)ccc65)c4)cc(-c4ccc5sc6ccccc6c5c4)c3)cc(-c3cccc4c3sc3ccccc34)c2)cc(-n2c3ccccc3c3ccccc32)c1. The minimum absolute atomic E-state index is 1.10. The van der Waals surface area contributed by atoms with Crippen molar-refractivity contribution >= 4 is 182 Å². The monoisotopic (exact) mass is 1510 g/mol. The minimum Gasteiger partial charge on any atom is -0.309 e. The molecule has 4 nitrogen and oxygen atoms in total. The zero-order valence-electron chi connectivity index (χ0n) is 62.0. The van der Waals surface area contributed by atoms with Crippen LogP contribution in [0.15, 0.2) is 388 Å². The van der Waals surface area contributed by atoms with Gasteiger partial charge in [0.05, 0.1) is 44.1 Å². The third-order valence-electron chi connectivity index (χ3n) is 24.3. The predicted octanol–water partition coefficient (Wildman–Crippen LogP) is 31.2. The highest BCUT2D eigenvalue weighted by molar-refractivity contribution is 7.27. The largest absolute Gasteiger partial charge is 0.309 e. The summed E-state index contributed by atoms with van der Waals surface area (Å²) in [7, 11) is 0. The van der Waals surface area contributed by atoms with Gasteiger partial charge in [0, 0.05) is 126 Å². The molecule has 0 saturated carbocycles. The summed E-state index contributed by atoms with van der Waals surface area (Å²) in [4.78, 5) is 0. The van der Waals surface area contributed by atoms with E-state index in [-0.39, 0.29) is 0 Å². The Morgan fingerprint density at radius 1 is 0.139 bits per heavy atom. The fourth-order valence-corrected chi connectivity index (χ4v) is 22.5. The molecule has 0 bridgehead atoms. The summed E-state index contributed by atoms with van der Waals surface area (Å²) in [6, 6.07) is 146. The lowest BCUT2D eigenvalue weighted by atomic mass is 9.89. The van der Waals surface area contributed by atoms with Crippen molar-refractivity contribution in [1.29, 1.82) is 0 Å². The molecule has 0 aliphatic rings. The highest BCUT2D eigenvalue weighted by atomic mass is 32.1. The molecule has 25 rings (SSSR count). The first kappa shape index (κ1) is 64.5. The van der Waals surface area contributed by atoms with Crippen LogP contribution in [0.5, 0.6) is 0 Å². The number of thiophene rings is 3. The molecule has 534 valence electrons. The van der Waals surface area contributed by atoms with Gasteiger partial charge < -0.3 is 18.3 Å². The van der Waals surface area contributed by atoms with Crippen LogP contribution < -0.4 is 0 Å². The molecule has 0 spiro atoms. The van der Waals surface area contributed by atoms with Crippen molar-refractivity contribution in [3.63, 3.8) is 0 Å². The lowest BCUT2D eigenvalue weighted by molar-refractivity contribution is 1.18. The van der Waals surface area contributed by atoms with Crippen LogP contribution >= 0.6 is 34.0 Å². The zero-order valence-corrected chi connectivity index (χ0v) is 64.4. The predicted molar refractivity (Wildman–Crippen MR) is 495 cm³/mol. The van der Waals surface area contributed by atoms with Gasteiger partial charge in [-0.3, -0.25) is 0 Å². The van der Waals surface area contributed by atoms with E-state index in [1.54, 1.807) is 0 Å². The fourth-order valence-electron chi connectivity index (χ4n) is 19.1.